The Kier molecular flexibility index (Phi) is 4.20. The Balaban J connectivity index is 2.08. The molecule has 102 valence electrons. The van der Waals surface area contributed by atoms with E-state index < -0.39 is 0 Å². The normalized spacial score (nSPS) is 30.9. The maximum Gasteiger partial charge on any atom is 0.224 e. The number of hydrogen-bond donors (Lipinski definition) is 2. The number of rotatable bonds is 6. The average Bonchev–Trinajstić information content (AvgIpc) is 3.02. The van der Waals surface area contributed by atoms with Crippen LogP contribution in [0.2, 0.25) is 0 Å². The first-order chi connectivity index (χ1) is 9.19. The zero-order valence-corrected chi connectivity index (χ0v) is 11.0. The first-order valence-corrected chi connectivity index (χ1v) is 6.64. The highest BCUT2D eigenvalue weighted by Crippen LogP contribution is 2.48. The van der Waals surface area contributed by atoms with Gasteiger partial charge in [-0.1, -0.05) is 24.3 Å². The van der Waals surface area contributed by atoms with E-state index in [1.807, 2.05) is 0 Å². The third-order valence-corrected chi connectivity index (χ3v) is 3.91. The van der Waals surface area contributed by atoms with E-state index in [0.717, 1.165) is 6.42 Å². The third kappa shape index (κ3) is 2.62. The number of amides is 2. The zero-order valence-electron chi connectivity index (χ0n) is 11.0. The van der Waals surface area contributed by atoms with Crippen molar-refractivity contribution in [2.24, 2.45) is 23.7 Å². The molecule has 2 aliphatic carbocycles. The third-order valence-electron chi connectivity index (χ3n) is 3.91. The topological polar surface area (TPSA) is 58.2 Å². The van der Waals surface area contributed by atoms with Crippen LogP contribution in [0.25, 0.3) is 0 Å². The average molecular weight is 260 g/mol. The van der Waals surface area contributed by atoms with Gasteiger partial charge in [-0.2, -0.15) is 0 Å². The van der Waals surface area contributed by atoms with Crippen molar-refractivity contribution in [3.63, 3.8) is 0 Å². The highest BCUT2D eigenvalue weighted by Gasteiger charge is 2.51. The molecule has 0 aromatic heterocycles. The molecule has 2 bridgehead atoms. The van der Waals surface area contributed by atoms with E-state index in [9.17, 15) is 9.59 Å². The number of allylic oxidation sites excluding steroid dienone is 2. The molecule has 4 nitrogen and oxygen atoms in total. The number of hydrogen-bond acceptors (Lipinski definition) is 2. The van der Waals surface area contributed by atoms with Gasteiger partial charge in [-0.15, -0.1) is 13.2 Å². The van der Waals surface area contributed by atoms with Crippen LogP contribution in [0.4, 0.5) is 0 Å². The van der Waals surface area contributed by atoms with Crippen molar-refractivity contribution in [1.29, 1.82) is 0 Å². The number of nitrogens with one attached hydrogen (secondary N) is 2. The standard InChI is InChI=1S/C15H20N2O2/c1-3-7-16-14(18)12-10-5-6-11(9-10)13(12)15(19)17-8-4-2/h3-6,10-13H,1-2,7-9H2,(H,16,18)(H,17,19)/t10-,11-,12-,13-/m0/s1. The first kappa shape index (κ1) is 13.6. The fraction of sp³-hybridized carbons (Fsp3) is 0.467. The quantitative estimate of drug-likeness (QED) is 0.701. The molecule has 1 saturated carbocycles. The predicted octanol–water partition coefficient (Wildman–Crippen LogP) is 1.03. The summed E-state index contributed by atoms with van der Waals surface area (Å²) in [5.74, 6) is -0.214. The minimum absolute atomic E-state index is 0.0458. The summed E-state index contributed by atoms with van der Waals surface area (Å²) in [4.78, 5) is 24.4. The minimum Gasteiger partial charge on any atom is -0.352 e. The molecular formula is C15H20N2O2. The van der Waals surface area contributed by atoms with E-state index in [4.69, 9.17) is 0 Å². The molecule has 0 spiro atoms. The van der Waals surface area contributed by atoms with Crippen molar-refractivity contribution in [3.05, 3.63) is 37.5 Å². The lowest BCUT2D eigenvalue weighted by Gasteiger charge is -2.26. The monoisotopic (exact) mass is 260 g/mol. The van der Waals surface area contributed by atoms with E-state index in [2.05, 4.69) is 35.9 Å². The van der Waals surface area contributed by atoms with Gasteiger partial charge < -0.3 is 10.6 Å². The summed E-state index contributed by atoms with van der Waals surface area (Å²) in [5.41, 5.74) is 0. The molecule has 4 heteroatoms. The van der Waals surface area contributed by atoms with Gasteiger partial charge in [-0.05, 0) is 18.3 Å². The van der Waals surface area contributed by atoms with Gasteiger partial charge in [0.15, 0.2) is 0 Å². The molecule has 2 rings (SSSR count). The van der Waals surface area contributed by atoms with E-state index in [1.165, 1.54) is 0 Å². The molecule has 0 radical (unpaired) electrons. The van der Waals surface area contributed by atoms with Gasteiger partial charge in [0.25, 0.3) is 0 Å². The molecule has 2 amide bonds. The smallest absolute Gasteiger partial charge is 0.224 e. The largest absolute Gasteiger partial charge is 0.352 e. The van der Waals surface area contributed by atoms with Crippen molar-refractivity contribution in [2.45, 2.75) is 6.42 Å². The van der Waals surface area contributed by atoms with E-state index in [0.29, 0.717) is 13.1 Å². The fourth-order valence-corrected chi connectivity index (χ4v) is 3.12. The van der Waals surface area contributed by atoms with Crippen LogP contribution < -0.4 is 10.6 Å². The summed E-state index contributed by atoms with van der Waals surface area (Å²) in [5, 5.41) is 5.62. The summed E-state index contributed by atoms with van der Waals surface area (Å²) in [6.07, 6.45) is 8.33. The second-order valence-electron chi connectivity index (χ2n) is 5.07. The lowest BCUT2D eigenvalue weighted by molar-refractivity contribution is -0.135. The van der Waals surface area contributed by atoms with Gasteiger partial charge in [-0.25, -0.2) is 0 Å². The Labute approximate surface area is 113 Å². The van der Waals surface area contributed by atoms with Crippen LogP contribution in [0, 0.1) is 23.7 Å². The summed E-state index contributed by atoms with van der Waals surface area (Å²) in [6, 6.07) is 0. The van der Waals surface area contributed by atoms with Crippen LogP contribution in [0.3, 0.4) is 0 Å². The molecule has 0 aromatic rings. The Hall–Kier alpha value is -1.84. The van der Waals surface area contributed by atoms with Crippen molar-refractivity contribution >= 4 is 11.8 Å². The van der Waals surface area contributed by atoms with Crippen LogP contribution in [-0.2, 0) is 9.59 Å². The highest BCUT2D eigenvalue weighted by molar-refractivity contribution is 5.89. The SMILES string of the molecule is C=CCNC(=O)[C@@H]1[C@@H](C(=O)NCC=C)[C@H]2C=C[C@H]1C2. The number of fused-ring (bicyclic) bond motifs is 2. The molecule has 1 fully saturated rings. The van der Waals surface area contributed by atoms with Gasteiger partial charge in [0, 0.05) is 13.1 Å². The second kappa shape index (κ2) is 5.87. The number of carbonyl (C=O) groups excluding carboxylic acids is 2. The molecule has 0 heterocycles. The van der Waals surface area contributed by atoms with E-state index in [-0.39, 0.29) is 35.5 Å². The summed E-state index contributed by atoms with van der Waals surface area (Å²) in [6.45, 7) is 8.05. The maximum absolute atomic E-state index is 12.2. The van der Waals surface area contributed by atoms with Crippen LogP contribution in [0.1, 0.15) is 6.42 Å². The predicted molar refractivity (Wildman–Crippen MR) is 74.1 cm³/mol. The lowest BCUT2D eigenvalue weighted by Crippen LogP contribution is -2.44. The van der Waals surface area contributed by atoms with Crippen LogP contribution in [0.15, 0.2) is 37.5 Å². The molecule has 0 unspecified atom stereocenters. The van der Waals surface area contributed by atoms with Gasteiger partial charge >= 0.3 is 0 Å². The van der Waals surface area contributed by atoms with Crippen LogP contribution in [0.5, 0.6) is 0 Å². The zero-order chi connectivity index (χ0) is 13.8. The van der Waals surface area contributed by atoms with E-state index in [1.54, 1.807) is 12.2 Å². The molecular weight excluding hydrogens is 240 g/mol. The molecule has 19 heavy (non-hydrogen) atoms. The van der Waals surface area contributed by atoms with Crippen LogP contribution >= 0.6 is 0 Å². The van der Waals surface area contributed by atoms with Gasteiger partial charge in [0.05, 0.1) is 11.8 Å². The second-order valence-corrected chi connectivity index (χ2v) is 5.07. The molecule has 0 aromatic carbocycles. The Bertz CT molecular complexity index is 390. The molecule has 0 aliphatic heterocycles. The fourth-order valence-electron chi connectivity index (χ4n) is 3.12. The Morgan fingerprint density at radius 1 is 1.00 bits per heavy atom. The van der Waals surface area contributed by atoms with Crippen LogP contribution in [-0.4, -0.2) is 24.9 Å². The molecule has 4 atom stereocenters. The molecule has 0 saturated heterocycles. The van der Waals surface area contributed by atoms with Crippen molar-refractivity contribution in [3.8, 4) is 0 Å². The van der Waals surface area contributed by atoms with E-state index >= 15 is 0 Å². The molecule has 2 N–H and O–H groups in total. The Morgan fingerprint density at radius 3 is 1.79 bits per heavy atom. The number of carbonyl (C=O) groups is 2. The van der Waals surface area contributed by atoms with Gasteiger partial charge in [0.2, 0.25) is 11.8 Å². The summed E-state index contributed by atoms with van der Waals surface area (Å²) >= 11 is 0. The van der Waals surface area contributed by atoms with Gasteiger partial charge in [-0.3, -0.25) is 9.59 Å². The summed E-state index contributed by atoms with van der Waals surface area (Å²) < 4.78 is 0. The minimum atomic E-state index is -0.250. The summed E-state index contributed by atoms with van der Waals surface area (Å²) in [7, 11) is 0. The highest BCUT2D eigenvalue weighted by atomic mass is 16.2. The van der Waals surface area contributed by atoms with Crippen molar-refractivity contribution < 1.29 is 9.59 Å². The Morgan fingerprint density at radius 2 is 1.42 bits per heavy atom. The van der Waals surface area contributed by atoms with Crippen molar-refractivity contribution in [1.82, 2.24) is 10.6 Å². The lowest BCUT2D eigenvalue weighted by atomic mass is 9.81. The van der Waals surface area contributed by atoms with Gasteiger partial charge in [0.1, 0.15) is 0 Å². The van der Waals surface area contributed by atoms with Crippen molar-refractivity contribution in [2.75, 3.05) is 13.1 Å². The molecule has 2 aliphatic rings. The maximum atomic E-state index is 12.2. The first-order valence-electron chi connectivity index (χ1n) is 6.64.